The second kappa shape index (κ2) is 12.6. The van der Waals surface area contributed by atoms with Gasteiger partial charge in [-0.25, -0.2) is 14.0 Å². The lowest BCUT2D eigenvalue weighted by molar-refractivity contribution is -0.150. The molecule has 2 aromatic carbocycles. The molecule has 0 aromatic heterocycles. The number of carbonyl (C=O) groups is 3. The van der Waals surface area contributed by atoms with E-state index in [1.807, 2.05) is 0 Å². The number of benzene rings is 2. The van der Waals surface area contributed by atoms with Crippen molar-refractivity contribution in [3.05, 3.63) is 83.7 Å². The van der Waals surface area contributed by atoms with Crippen LogP contribution in [0, 0.1) is 5.82 Å². The Morgan fingerprint density at radius 3 is 2.19 bits per heavy atom. The maximum atomic E-state index is 14.2. The van der Waals surface area contributed by atoms with Crippen molar-refractivity contribution in [1.29, 1.82) is 0 Å². The van der Waals surface area contributed by atoms with Crippen LogP contribution in [0.5, 0.6) is 11.5 Å². The summed E-state index contributed by atoms with van der Waals surface area (Å²) in [6, 6.07) is 10.9. The lowest BCUT2D eigenvalue weighted by Crippen LogP contribution is -2.22. The first-order chi connectivity index (χ1) is 17.2. The molecule has 6 nitrogen and oxygen atoms in total. The molecule has 1 saturated carbocycles. The minimum absolute atomic E-state index is 0.0270. The van der Waals surface area contributed by atoms with E-state index in [1.165, 1.54) is 19.1 Å². The van der Waals surface area contributed by atoms with Gasteiger partial charge in [-0.1, -0.05) is 49.9 Å². The summed E-state index contributed by atoms with van der Waals surface area (Å²) in [4.78, 5) is 35.9. The third kappa shape index (κ3) is 8.05. The van der Waals surface area contributed by atoms with E-state index in [4.69, 9.17) is 14.2 Å². The normalized spacial score (nSPS) is 13.7. The van der Waals surface area contributed by atoms with E-state index in [1.54, 1.807) is 42.5 Å². The fourth-order valence-electron chi connectivity index (χ4n) is 3.57. The predicted octanol–water partition coefficient (Wildman–Crippen LogP) is 6.21. The molecule has 0 N–H and O–H groups in total. The smallest absolute Gasteiger partial charge is 0.339 e. The first kappa shape index (κ1) is 26.6. The highest BCUT2D eigenvalue weighted by Crippen LogP contribution is 2.23. The van der Waals surface area contributed by atoms with Crippen LogP contribution < -0.4 is 9.47 Å². The van der Waals surface area contributed by atoms with E-state index in [2.05, 4.69) is 13.2 Å². The Hall–Kier alpha value is -4.00. The van der Waals surface area contributed by atoms with Gasteiger partial charge in [0.1, 0.15) is 11.9 Å². The zero-order chi connectivity index (χ0) is 26.1. The van der Waals surface area contributed by atoms with Crippen LogP contribution in [-0.2, 0) is 19.1 Å². The average Bonchev–Trinajstić information content (AvgIpc) is 2.85. The van der Waals surface area contributed by atoms with E-state index in [-0.39, 0.29) is 29.4 Å². The second-order valence-electron chi connectivity index (χ2n) is 8.68. The van der Waals surface area contributed by atoms with Gasteiger partial charge in [0.15, 0.2) is 11.6 Å². The molecule has 0 atom stereocenters. The summed E-state index contributed by atoms with van der Waals surface area (Å²) in [5.41, 5.74) is 1.55. The number of ether oxygens (including phenoxy) is 3. The van der Waals surface area contributed by atoms with Gasteiger partial charge in [0.25, 0.3) is 0 Å². The van der Waals surface area contributed by atoms with Gasteiger partial charge >= 0.3 is 17.9 Å². The standard InChI is InChI=1S/C29H29FO6/c1-19(2)28(32)36-26-16-13-22(18-25(26)30)10-9-21-11-14-24(15-12-21)35-29(33)20(3)17-27(31)34-23-7-5-4-6-8-23/h9-16,18,23H,1,3-8,17H2,2H3/b10-9+. The zero-order valence-electron chi connectivity index (χ0n) is 20.3. The topological polar surface area (TPSA) is 78.9 Å². The van der Waals surface area contributed by atoms with E-state index < -0.39 is 23.7 Å². The molecule has 7 heteroatoms. The molecule has 188 valence electrons. The lowest BCUT2D eigenvalue weighted by atomic mass is 9.98. The Balaban J connectivity index is 1.50. The molecule has 1 aliphatic rings. The van der Waals surface area contributed by atoms with Crippen molar-refractivity contribution in [2.75, 3.05) is 0 Å². The van der Waals surface area contributed by atoms with Gasteiger partial charge in [-0.05, 0) is 68.0 Å². The van der Waals surface area contributed by atoms with Gasteiger partial charge in [-0.2, -0.15) is 0 Å². The Morgan fingerprint density at radius 1 is 0.917 bits per heavy atom. The summed E-state index contributed by atoms with van der Waals surface area (Å²) in [7, 11) is 0. The molecule has 0 unspecified atom stereocenters. The maximum absolute atomic E-state index is 14.2. The van der Waals surface area contributed by atoms with Crippen LogP contribution in [0.2, 0.25) is 0 Å². The molecule has 2 aromatic rings. The van der Waals surface area contributed by atoms with Gasteiger partial charge < -0.3 is 14.2 Å². The molecule has 0 saturated heterocycles. The summed E-state index contributed by atoms with van der Waals surface area (Å²) in [5, 5.41) is 0. The van der Waals surface area contributed by atoms with Crippen molar-refractivity contribution in [3.63, 3.8) is 0 Å². The third-order valence-corrected chi connectivity index (χ3v) is 5.56. The molecule has 0 bridgehead atoms. The van der Waals surface area contributed by atoms with Crippen LogP contribution in [0.3, 0.4) is 0 Å². The number of esters is 3. The van der Waals surface area contributed by atoms with Crippen LogP contribution in [0.15, 0.2) is 66.8 Å². The van der Waals surface area contributed by atoms with Crippen LogP contribution in [0.4, 0.5) is 4.39 Å². The van der Waals surface area contributed by atoms with Crippen LogP contribution in [-0.4, -0.2) is 24.0 Å². The number of halogens is 1. The van der Waals surface area contributed by atoms with E-state index in [9.17, 15) is 18.8 Å². The molecular weight excluding hydrogens is 463 g/mol. The van der Waals surface area contributed by atoms with E-state index in [0.29, 0.717) is 11.3 Å². The summed E-state index contributed by atoms with van der Waals surface area (Å²) >= 11 is 0. The van der Waals surface area contributed by atoms with E-state index >= 15 is 0 Å². The molecule has 0 aliphatic heterocycles. The Labute approximate surface area is 210 Å². The van der Waals surface area contributed by atoms with Gasteiger partial charge in [0.2, 0.25) is 0 Å². The molecular formula is C29H29FO6. The molecule has 1 fully saturated rings. The summed E-state index contributed by atoms with van der Waals surface area (Å²) in [5.74, 6) is -2.40. The first-order valence-corrected chi connectivity index (χ1v) is 11.8. The molecule has 0 heterocycles. The fraction of sp³-hybridized carbons (Fsp3) is 0.276. The third-order valence-electron chi connectivity index (χ3n) is 5.56. The fourth-order valence-corrected chi connectivity index (χ4v) is 3.57. The Kier molecular flexibility index (Phi) is 9.33. The van der Waals surface area contributed by atoms with Gasteiger partial charge in [-0.3, -0.25) is 4.79 Å². The molecule has 1 aliphatic carbocycles. The van der Waals surface area contributed by atoms with Crippen molar-refractivity contribution >= 4 is 30.1 Å². The summed E-state index contributed by atoms with van der Waals surface area (Å²) in [6.07, 6.45) is 8.10. The summed E-state index contributed by atoms with van der Waals surface area (Å²) < 4.78 is 29.9. The predicted molar refractivity (Wildman–Crippen MR) is 135 cm³/mol. The summed E-state index contributed by atoms with van der Waals surface area (Å²) in [6.45, 7) is 8.60. The van der Waals surface area contributed by atoms with Crippen molar-refractivity contribution in [1.82, 2.24) is 0 Å². The number of hydrogen-bond donors (Lipinski definition) is 0. The first-order valence-electron chi connectivity index (χ1n) is 11.8. The SMILES string of the molecule is C=C(C)C(=O)Oc1ccc(/C=C/c2ccc(OC(=O)C(=C)CC(=O)OC3CCCCC3)cc2)cc1F. The minimum Gasteiger partial charge on any atom is -0.462 e. The highest BCUT2D eigenvalue weighted by molar-refractivity contribution is 5.94. The maximum Gasteiger partial charge on any atom is 0.339 e. The molecule has 0 spiro atoms. The highest BCUT2D eigenvalue weighted by Gasteiger charge is 2.20. The van der Waals surface area contributed by atoms with Crippen LogP contribution >= 0.6 is 0 Å². The quantitative estimate of drug-likeness (QED) is 0.179. The van der Waals surface area contributed by atoms with Crippen LogP contribution in [0.1, 0.15) is 56.6 Å². The molecule has 0 amide bonds. The monoisotopic (exact) mass is 492 g/mol. The van der Waals surface area contributed by atoms with Crippen LogP contribution in [0.25, 0.3) is 12.2 Å². The van der Waals surface area contributed by atoms with E-state index in [0.717, 1.165) is 37.7 Å². The van der Waals surface area contributed by atoms with Gasteiger partial charge in [-0.15, -0.1) is 0 Å². The number of hydrogen-bond acceptors (Lipinski definition) is 6. The van der Waals surface area contributed by atoms with Crippen molar-refractivity contribution in [3.8, 4) is 11.5 Å². The van der Waals surface area contributed by atoms with Crippen molar-refractivity contribution in [2.24, 2.45) is 0 Å². The van der Waals surface area contributed by atoms with Gasteiger partial charge in [0, 0.05) is 11.1 Å². The number of rotatable bonds is 9. The molecule has 3 rings (SSSR count). The molecule has 0 radical (unpaired) electrons. The largest absolute Gasteiger partial charge is 0.462 e. The van der Waals surface area contributed by atoms with Crippen molar-refractivity contribution < 1.29 is 33.0 Å². The van der Waals surface area contributed by atoms with Crippen molar-refractivity contribution in [2.45, 2.75) is 51.6 Å². The number of carbonyl (C=O) groups excluding carboxylic acids is 3. The molecule has 36 heavy (non-hydrogen) atoms. The average molecular weight is 493 g/mol. The zero-order valence-corrected chi connectivity index (χ0v) is 20.3. The minimum atomic E-state index is -0.694. The Morgan fingerprint density at radius 2 is 1.56 bits per heavy atom. The van der Waals surface area contributed by atoms with Gasteiger partial charge in [0.05, 0.1) is 6.42 Å². The highest BCUT2D eigenvalue weighted by atomic mass is 19.1. The second-order valence-corrected chi connectivity index (χ2v) is 8.68. The Bertz CT molecular complexity index is 1170. The lowest BCUT2D eigenvalue weighted by Gasteiger charge is -2.21.